The van der Waals surface area contributed by atoms with Crippen LogP contribution in [0, 0.1) is 13.8 Å². The van der Waals surface area contributed by atoms with Crippen LogP contribution in [0.2, 0.25) is 0 Å². The largest absolute Gasteiger partial charge is 0.348 e. The van der Waals surface area contributed by atoms with Crippen LogP contribution in [0.1, 0.15) is 27.2 Å². The number of aromatic nitrogens is 4. The summed E-state index contributed by atoms with van der Waals surface area (Å²) in [6.07, 6.45) is 4.91. The van der Waals surface area contributed by atoms with Crippen LogP contribution in [0.15, 0.2) is 47.7 Å². The summed E-state index contributed by atoms with van der Waals surface area (Å²) in [5, 5.41) is 6.83. The Kier molecular flexibility index (Phi) is 4.24. The van der Waals surface area contributed by atoms with Crippen molar-refractivity contribution in [3.63, 3.8) is 0 Å². The van der Waals surface area contributed by atoms with Gasteiger partial charge in [-0.05, 0) is 43.7 Å². The first kappa shape index (κ1) is 15.7. The van der Waals surface area contributed by atoms with Crippen molar-refractivity contribution in [2.24, 2.45) is 0 Å². The second-order valence-corrected chi connectivity index (χ2v) is 5.48. The van der Waals surface area contributed by atoms with E-state index in [1.54, 1.807) is 35.3 Å². The summed E-state index contributed by atoms with van der Waals surface area (Å²) in [7, 11) is 0. The normalized spacial score (nSPS) is 10.6. The first-order valence-electron chi connectivity index (χ1n) is 7.48. The minimum Gasteiger partial charge on any atom is -0.348 e. The Morgan fingerprint density at radius 1 is 1.33 bits per heavy atom. The van der Waals surface area contributed by atoms with Gasteiger partial charge in [-0.25, -0.2) is 9.67 Å². The number of aryl methyl sites for hydroxylation is 2. The zero-order chi connectivity index (χ0) is 17.1. The zero-order valence-electron chi connectivity index (χ0n) is 13.4. The van der Waals surface area contributed by atoms with Crippen molar-refractivity contribution >= 4 is 5.91 Å². The van der Waals surface area contributed by atoms with E-state index in [0.717, 1.165) is 11.3 Å². The summed E-state index contributed by atoms with van der Waals surface area (Å²) in [4.78, 5) is 31.1. The molecule has 0 atom stereocenters. The molecule has 7 nitrogen and oxygen atoms in total. The molecule has 0 aliphatic carbocycles. The lowest BCUT2D eigenvalue weighted by atomic mass is 10.1. The summed E-state index contributed by atoms with van der Waals surface area (Å²) in [6.45, 7) is 3.84. The molecule has 0 saturated heterocycles. The Morgan fingerprint density at radius 2 is 2.17 bits per heavy atom. The molecule has 24 heavy (non-hydrogen) atoms. The van der Waals surface area contributed by atoms with E-state index in [4.69, 9.17) is 0 Å². The molecule has 0 bridgehead atoms. The van der Waals surface area contributed by atoms with E-state index in [0.29, 0.717) is 16.9 Å². The van der Waals surface area contributed by atoms with Crippen LogP contribution in [0.3, 0.4) is 0 Å². The van der Waals surface area contributed by atoms with E-state index < -0.39 is 0 Å². The maximum absolute atomic E-state index is 12.2. The van der Waals surface area contributed by atoms with Crippen molar-refractivity contribution in [1.29, 1.82) is 0 Å². The Hall–Kier alpha value is -3.22. The second kappa shape index (κ2) is 6.49. The molecule has 0 saturated carbocycles. The summed E-state index contributed by atoms with van der Waals surface area (Å²) in [5.74, 6) is 0.344. The van der Waals surface area contributed by atoms with E-state index in [2.05, 4.69) is 20.4 Å². The number of nitrogens with zero attached hydrogens (tertiary/aromatic N) is 3. The Labute approximate surface area is 138 Å². The average Bonchev–Trinajstić information content (AvgIpc) is 3.08. The van der Waals surface area contributed by atoms with Gasteiger partial charge in [-0.3, -0.25) is 9.59 Å². The van der Waals surface area contributed by atoms with E-state index >= 15 is 0 Å². The Morgan fingerprint density at radius 3 is 2.79 bits per heavy atom. The number of hydrogen-bond acceptors (Lipinski definition) is 4. The van der Waals surface area contributed by atoms with Crippen molar-refractivity contribution < 1.29 is 4.79 Å². The fourth-order valence-electron chi connectivity index (χ4n) is 2.43. The number of hydrogen-bond donors (Lipinski definition) is 2. The van der Waals surface area contributed by atoms with E-state index in [-0.39, 0.29) is 18.0 Å². The summed E-state index contributed by atoms with van der Waals surface area (Å²) < 4.78 is 1.61. The van der Waals surface area contributed by atoms with Gasteiger partial charge in [0.2, 0.25) is 0 Å². The third-order valence-corrected chi connectivity index (χ3v) is 3.67. The van der Waals surface area contributed by atoms with Gasteiger partial charge in [-0.1, -0.05) is 0 Å². The zero-order valence-corrected chi connectivity index (χ0v) is 13.4. The van der Waals surface area contributed by atoms with Gasteiger partial charge < -0.3 is 10.3 Å². The average molecular weight is 323 g/mol. The molecule has 0 aliphatic rings. The van der Waals surface area contributed by atoms with Crippen molar-refractivity contribution in [2.75, 3.05) is 0 Å². The first-order valence-corrected chi connectivity index (χ1v) is 7.48. The maximum Gasteiger partial charge on any atom is 0.253 e. The maximum atomic E-state index is 12.2. The van der Waals surface area contributed by atoms with Gasteiger partial charge in [-0.2, -0.15) is 5.10 Å². The third-order valence-electron chi connectivity index (χ3n) is 3.67. The molecule has 1 amide bonds. The van der Waals surface area contributed by atoms with Gasteiger partial charge in [0, 0.05) is 36.4 Å². The third kappa shape index (κ3) is 3.24. The van der Waals surface area contributed by atoms with E-state index in [1.807, 2.05) is 19.9 Å². The number of carbonyl (C=O) groups excluding carboxylic acids is 1. The molecular weight excluding hydrogens is 306 g/mol. The highest BCUT2D eigenvalue weighted by atomic mass is 16.1. The molecule has 0 aromatic carbocycles. The molecule has 7 heteroatoms. The molecular formula is C17H17N5O2. The molecule has 0 spiro atoms. The van der Waals surface area contributed by atoms with Crippen molar-refractivity contribution in [1.82, 2.24) is 25.1 Å². The lowest BCUT2D eigenvalue weighted by molar-refractivity contribution is 0.0950. The quantitative estimate of drug-likeness (QED) is 0.761. The van der Waals surface area contributed by atoms with Crippen LogP contribution in [0.25, 0.3) is 5.82 Å². The molecule has 3 aromatic heterocycles. The topological polar surface area (TPSA) is 92.7 Å². The number of H-pyrrole nitrogens is 1. The molecule has 0 radical (unpaired) electrons. The van der Waals surface area contributed by atoms with Gasteiger partial charge in [0.15, 0.2) is 5.82 Å². The van der Waals surface area contributed by atoms with Gasteiger partial charge in [0.05, 0.1) is 5.56 Å². The van der Waals surface area contributed by atoms with E-state index in [1.165, 1.54) is 6.20 Å². The molecule has 0 fully saturated rings. The van der Waals surface area contributed by atoms with Crippen LogP contribution in [0.4, 0.5) is 0 Å². The predicted molar refractivity (Wildman–Crippen MR) is 89.1 cm³/mol. The van der Waals surface area contributed by atoms with Crippen molar-refractivity contribution in [2.45, 2.75) is 20.4 Å². The van der Waals surface area contributed by atoms with Crippen LogP contribution in [0.5, 0.6) is 0 Å². The highest BCUT2D eigenvalue weighted by Gasteiger charge is 2.10. The predicted octanol–water partition coefficient (Wildman–Crippen LogP) is 1.50. The second-order valence-electron chi connectivity index (χ2n) is 5.48. The van der Waals surface area contributed by atoms with Gasteiger partial charge in [0.1, 0.15) is 0 Å². The highest BCUT2D eigenvalue weighted by molar-refractivity contribution is 5.93. The molecule has 2 N–H and O–H groups in total. The highest BCUT2D eigenvalue weighted by Crippen LogP contribution is 2.06. The minimum atomic E-state index is -0.283. The standard InChI is InChI=1S/C17H17N5O2/c1-11-8-12(2)21-17(24)14(11)10-19-16(23)13-4-5-15(18-9-13)22-7-3-6-20-22/h3-9H,10H2,1-2H3,(H,19,23)(H,21,24). The molecule has 3 heterocycles. The molecule has 0 unspecified atom stereocenters. The number of carbonyl (C=O) groups is 1. The fourth-order valence-corrected chi connectivity index (χ4v) is 2.43. The lowest BCUT2D eigenvalue weighted by Crippen LogP contribution is -2.28. The summed E-state index contributed by atoms with van der Waals surface area (Å²) in [6, 6.07) is 7.06. The van der Waals surface area contributed by atoms with E-state index in [9.17, 15) is 9.59 Å². The smallest absolute Gasteiger partial charge is 0.253 e. The van der Waals surface area contributed by atoms with Crippen LogP contribution < -0.4 is 10.9 Å². The number of rotatable bonds is 4. The number of nitrogens with one attached hydrogen (secondary N) is 2. The van der Waals surface area contributed by atoms with Gasteiger partial charge in [-0.15, -0.1) is 0 Å². The first-order chi connectivity index (χ1) is 11.5. The van der Waals surface area contributed by atoms with Crippen LogP contribution in [-0.4, -0.2) is 25.7 Å². The van der Waals surface area contributed by atoms with Gasteiger partial charge >= 0.3 is 0 Å². The van der Waals surface area contributed by atoms with Crippen LogP contribution >= 0.6 is 0 Å². The number of pyridine rings is 2. The summed E-state index contributed by atoms with van der Waals surface area (Å²) >= 11 is 0. The Bertz CT molecular complexity index is 911. The molecule has 0 aliphatic heterocycles. The minimum absolute atomic E-state index is 0.168. The molecule has 122 valence electrons. The van der Waals surface area contributed by atoms with Crippen LogP contribution in [-0.2, 0) is 6.54 Å². The fraction of sp³-hybridized carbons (Fsp3) is 0.176. The lowest BCUT2D eigenvalue weighted by Gasteiger charge is -2.08. The summed E-state index contributed by atoms with van der Waals surface area (Å²) in [5.41, 5.74) is 2.44. The van der Waals surface area contributed by atoms with Crippen molar-refractivity contribution in [3.05, 3.63) is 75.6 Å². The monoisotopic (exact) mass is 323 g/mol. The molecule has 3 aromatic rings. The van der Waals surface area contributed by atoms with Gasteiger partial charge in [0.25, 0.3) is 11.5 Å². The number of amides is 1. The molecule has 3 rings (SSSR count). The Balaban J connectivity index is 1.71. The van der Waals surface area contributed by atoms with Crippen molar-refractivity contribution in [3.8, 4) is 5.82 Å². The SMILES string of the molecule is Cc1cc(C)c(CNC(=O)c2ccc(-n3cccn3)nc2)c(=O)[nH]1. The number of aromatic amines is 1.